The molecule has 0 spiro atoms. The summed E-state index contributed by atoms with van der Waals surface area (Å²) in [6.45, 7) is 29.4. The van der Waals surface area contributed by atoms with E-state index in [-0.39, 0.29) is 51.3 Å². The number of nitrogens with zero attached hydrogens (tertiary/aromatic N) is 1. The van der Waals surface area contributed by atoms with Gasteiger partial charge in [0.15, 0.2) is 11.2 Å². The summed E-state index contributed by atoms with van der Waals surface area (Å²) in [5, 5.41) is 9.66. The summed E-state index contributed by atoms with van der Waals surface area (Å²) < 4.78 is 8.58. The summed E-state index contributed by atoms with van der Waals surface area (Å²) >= 11 is 0. The number of allylic oxidation sites excluding steroid dienone is 3. The van der Waals surface area contributed by atoms with Gasteiger partial charge in [-0.3, -0.25) is 19.2 Å². The number of esters is 1. The lowest BCUT2D eigenvalue weighted by molar-refractivity contribution is -0.243. The second kappa shape index (κ2) is 13.3. The first-order valence-electron chi connectivity index (χ1n) is 21.1. The lowest BCUT2D eigenvalue weighted by Crippen LogP contribution is -2.68. The number of ether oxygens (including phenoxy) is 1. The Morgan fingerprint density at radius 2 is 1.67 bits per heavy atom. The molecule has 1 aromatic heterocycles. The number of carboxylic acids is 1. The van der Waals surface area contributed by atoms with Crippen molar-refractivity contribution in [2.24, 2.45) is 50.2 Å². The highest BCUT2D eigenvalue weighted by Gasteiger charge is 2.74. The maximum atomic E-state index is 14.5. The van der Waals surface area contributed by atoms with E-state index in [2.05, 4.69) is 79.5 Å². The fourth-order valence-electron chi connectivity index (χ4n) is 14.1. The smallest absolute Gasteiger partial charge is 0.309 e. The Labute approximate surface area is 324 Å². The van der Waals surface area contributed by atoms with Crippen molar-refractivity contribution >= 4 is 17.7 Å². The van der Waals surface area contributed by atoms with Crippen LogP contribution in [-0.2, 0) is 31.1 Å². The number of unbranched alkanes of at least 4 members (excludes halogenated alkanes) is 1. The van der Waals surface area contributed by atoms with E-state index in [4.69, 9.17) is 4.74 Å². The molecule has 1 heterocycles. The number of carbonyl (C=O) groups excluding carboxylic acids is 2. The Balaban J connectivity index is 1.43. The molecule has 5 aliphatic carbocycles. The maximum Gasteiger partial charge on any atom is 0.309 e. The fraction of sp³-hybridized carbons (Fsp3) is 0.745. The number of rotatable bonds is 10. The SMILES string of the molecule is C=CC12CCC3C4(C)CCC(OC(=O)CC(C)(C)C(=O)O)C(C)(C)C4CCC3(C)C1(C)CCC1(c3cc(=O)cc(C)n3CCCC)CC(=O)C(C(C)C)=C12. The van der Waals surface area contributed by atoms with Crippen molar-refractivity contribution in [1.29, 1.82) is 0 Å². The zero-order chi connectivity index (χ0) is 40.0. The lowest BCUT2D eigenvalue weighted by atomic mass is 9.29. The molecule has 5 aliphatic rings. The van der Waals surface area contributed by atoms with E-state index < -0.39 is 28.2 Å². The van der Waals surface area contributed by atoms with Gasteiger partial charge < -0.3 is 14.4 Å². The minimum Gasteiger partial charge on any atom is -0.481 e. The molecule has 8 unspecified atom stereocenters. The first-order valence-corrected chi connectivity index (χ1v) is 21.1. The first kappa shape index (κ1) is 40.7. The highest BCUT2D eigenvalue weighted by atomic mass is 16.5. The molecule has 0 aromatic carbocycles. The van der Waals surface area contributed by atoms with Crippen molar-refractivity contribution in [3.05, 3.63) is 57.5 Å². The average Bonchev–Trinajstić information content (AvgIpc) is 3.39. The van der Waals surface area contributed by atoms with E-state index in [0.717, 1.165) is 87.7 Å². The third-order valence-corrected chi connectivity index (χ3v) is 17.0. The molecule has 7 nitrogen and oxygen atoms in total. The van der Waals surface area contributed by atoms with Gasteiger partial charge in [-0.15, -0.1) is 6.58 Å². The number of aromatic nitrogens is 1. The van der Waals surface area contributed by atoms with Crippen LogP contribution in [0.25, 0.3) is 0 Å². The molecule has 4 saturated carbocycles. The molecule has 0 aliphatic heterocycles. The van der Waals surface area contributed by atoms with Gasteiger partial charge in [0.1, 0.15) is 6.10 Å². The quantitative estimate of drug-likeness (QED) is 0.189. The number of aryl methyl sites for hydroxylation is 1. The van der Waals surface area contributed by atoms with Crippen LogP contribution >= 0.6 is 0 Å². The van der Waals surface area contributed by atoms with Crippen molar-refractivity contribution in [1.82, 2.24) is 4.57 Å². The van der Waals surface area contributed by atoms with E-state index in [9.17, 15) is 24.3 Å². The van der Waals surface area contributed by atoms with Crippen LogP contribution in [0.1, 0.15) is 158 Å². The Bertz CT molecular complexity index is 1830. The number of fused-ring (bicyclic) bond motifs is 7. The molecule has 0 bridgehead atoms. The van der Waals surface area contributed by atoms with Gasteiger partial charge in [-0.1, -0.05) is 67.9 Å². The molecule has 7 heteroatoms. The minimum atomic E-state index is -1.18. The number of pyridine rings is 1. The monoisotopic (exact) mass is 744 g/mol. The highest BCUT2D eigenvalue weighted by Crippen LogP contribution is 2.80. The van der Waals surface area contributed by atoms with Gasteiger partial charge in [0.2, 0.25) is 0 Å². The molecular weight excluding hydrogens is 675 g/mol. The molecule has 6 rings (SSSR count). The van der Waals surface area contributed by atoms with Crippen LogP contribution in [0.5, 0.6) is 0 Å². The molecular formula is C47H69NO6. The molecule has 0 radical (unpaired) electrons. The summed E-state index contributed by atoms with van der Waals surface area (Å²) in [5.41, 5.74) is 1.70. The number of aliphatic carboxylic acids is 1. The van der Waals surface area contributed by atoms with Crippen molar-refractivity contribution in [3.8, 4) is 0 Å². The lowest BCUT2D eigenvalue weighted by Gasteiger charge is -2.75. The highest BCUT2D eigenvalue weighted by molar-refractivity contribution is 6.02. The maximum absolute atomic E-state index is 14.5. The molecule has 298 valence electrons. The van der Waals surface area contributed by atoms with Crippen LogP contribution in [-0.4, -0.2) is 33.5 Å². The zero-order valence-corrected chi connectivity index (χ0v) is 35.4. The number of Topliss-reactive ketones (excluding diaryl/α,β-unsaturated/α-hetero) is 1. The van der Waals surface area contributed by atoms with Gasteiger partial charge in [0.05, 0.1) is 11.8 Å². The van der Waals surface area contributed by atoms with Crippen LogP contribution in [0, 0.1) is 57.2 Å². The first-order chi connectivity index (χ1) is 25.0. The molecule has 0 saturated heterocycles. The summed E-state index contributed by atoms with van der Waals surface area (Å²) in [4.78, 5) is 52.9. The van der Waals surface area contributed by atoms with Gasteiger partial charge in [-0.2, -0.15) is 0 Å². The molecule has 1 aromatic rings. The van der Waals surface area contributed by atoms with Gasteiger partial charge in [-0.25, -0.2) is 0 Å². The van der Waals surface area contributed by atoms with E-state index in [1.165, 1.54) is 5.57 Å². The average molecular weight is 744 g/mol. The standard InChI is InChI=1S/C47H69NO6/c1-13-15-24-48-30(5)25-31(49)26-35(48)46-23-22-45(12)44(11)20-16-33-42(8,9)36(54-37(51)28-41(6,7)40(52)53)18-19-43(33,10)34(44)17-21-47(45,14-2)39(46)38(29(3)4)32(50)27-46/h14,25-26,29,33-34,36H,2,13,15-24,27-28H2,1,3-12H3,(H,52,53). The van der Waals surface area contributed by atoms with Crippen molar-refractivity contribution < 1.29 is 24.2 Å². The largest absolute Gasteiger partial charge is 0.481 e. The normalized spacial score (nSPS) is 37.3. The Hall–Kier alpha value is -2.96. The second-order valence-electron chi connectivity index (χ2n) is 20.7. The molecule has 8 atom stereocenters. The summed E-state index contributed by atoms with van der Waals surface area (Å²) in [6, 6.07) is 3.63. The van der Waals surface area contributed by atoms with Gasteiger partial charge in [0.25, 0.3) is 0 Å². The van der Waals surface area contributed by atoms with Crippen LogP contribution in [0.15, 0.2) is 40.7 Å². The van der Waals surface area contributed by atoms with Gasteiger partial charge in [-0.05, 0) is 124 Å². The fourth-order valence-corrected chi connectivity index (χ4v) is 14.1. The van der Waals surface area contributed by atoms with E-state index in [0.29, 0.717) is 18.3 Å². The van der Waals surface area contributed by atoms with Crippen LogP contribution in [0.3, 0.4) is 0 Å². The third-order valence-electron chi connectivity index (χ3n) is 17.0. The van der Waals surface area contributed by atoms with Crippen LogP contribution in [0.4, 0.5) is 0 Å². The summed E-state index contributed by atoms with van der Waals surface area (Å²) in [5.74, 6) is -0.351. The van der Waals surface area contributed by atoms with Gasteiger partial charge >= 0.3 is 11.9 Å². The summed E-state index contributed by atoms with van der Waals surface area (Å²) in [6.07, 6.45) is 11.8. The number of carbonyl (C=O) groups is 3. The van der Waals surface area contributed by atoms with Crippen molar-refractivity contribution in [3.63, 3.8) is 0 Å². The number of ketones is 1. The third kappa shape index (κ3) is 5.53. The minimum absolute atomic E-state index is 0.0164. The number of carboxylic acid groups (broad SMARTS) is 1. The van der Waals surface area contributed by atoms with E-state index >= 15 is 0 Å². The summed E-state index contributed by atoms with van der Waals surface area (Å²) in [7, 11) is 0. The Morgan fingerprint density at radius 3 is 2.28 bits per heavy atom. The molecule has 1 N–H and O–H groups in total. The van der Waals surface area contributed by atoms with Crippen molar-refractivity contribution in [2.75, 3.05) is 0 Å². The van der Waals surface area contributed by atoms with Crippen LogP contribution in [0.2, 0.25) is 0 Å². The predicted octanol–water partition coefficient (Wildman–Crippen LogP) is 10.2. The Morgan fingerprint density at radius 1 is 1.00 bits per heavy atom. The zero-order valence-electron chi connectivity index (χ0n) is 35.4. The number of hydrogen-bond acceptors (Lipinski definition) is 5. The van der Waals surface area contributed by atoms with Crippen LogP contribution < -0.4 is 5.43 Å². The number of hydrogen-bond donors (Lipinski definition) is 1. The van der Waals surface area contributed by atoms with Gasteiger partial charge in [0, 0.05) is 52.7 Å². The van der Waals surface area contributed by atoms with E-state index in [1.807, 2.05) is 6.07 Å². The molecule has 54 heavy (non-hydrogen) atoms. The molecule has 0 amide bonds. The van der Waals surface area contributed by atoms with Crippen molar-refractivity contribution in [2.45, 2.75) is 171 Å². The molecule has 4 fully saturated rings. The topological polar surface area (TPSA) is 103 Å². The van der Waals surface area contributed by atoms with E-state index in [1.54, 1.807) is 19.9 Å². The predicted molar refractivity (Wildman–Crippen MR) is 214 cm³/mol. The Kier molecular flexibility index (Phi) is 10.0. The second-order valence-corrected chi connectivity index (χ2v) is 20.7.